The summed E-state index contributed by atoms with van der Waals surface area (Å²) < 4.78 is 0. The molecule has 0 aliphatic carbocycles. The zero-order valence-corrected chi connectivity index (χ0v) is 16.2. The van der Waals surface area contributed by atoms with E-state index in [0.29, 0.717) is 34.0 Å². The summed E-state index contributed by atoms with van der Waals surface area (Å²) in [6, 6.07) is 5.47. The Morgan fingerprint density at radius 1 is 1.16 bits per heavy atom. The van der Waals surface area contributed by atoms with Crippen molar-refractivity contribution in [3.05, 3.63) is 45.9 Å². The number of hydrogen-bond acceptors (Lipinski definition) is 4. The largest absolute Gasteiger partial charge is 0.370 e. The van der Waals surface area contributed by atoms with E-state index in [1.54, 1.807) is 13.0 Å². The fourth-order valence-electron chi connectivity index (χ4n) is 2.52. The summed E-state index contributed by atoms with van der Waals surface area (Å²) in [5, 5.41) is 6.63. The van der Waals surface area contributed by atoms with Crippen LogP contribution in [0.1, 0.15) is 47.7 Å². The molecule has 1 amide bonds. The average molecular weight is 361 g/mol. The monoisotopic (exact) mass is 360 g/mol. The fraction of sp³-hybridized carbons (Fsp3) is 0.421. The molecule has 1 aromatic heterocycles. The molecule has 1 heterocycles. The van der Waals surface area contributed by atoms with Crippen molar-refractivity contribution in [1.29, 1.82) is 0 Å². The van der Waals surface area contributed by atoms with Gasteiger partial charge in [0.25, 0.3) is 5.91 Å². The van der Waals surface area contributed by atoms with Crippen LogP contribution in [0.2, 0.25) is 5.02 Å². The molecule has 0 aliphatic heterocycles. The smallest absolute Gasteiger partial charge is 0.274 e. The first-order valence-electron chi connectivity index (χ1n) is 8.44. The molecule has 0 radical (unpaired) electrons. The zero-order valence-electron chi connectivity index (χ0n) is 15.4. The van der Waals surface area contributed by atoms with Gasteiger partial charge in [0.2, 0.25) is 0 Å². The van der Waals surface area contributed by atoms with E-state index >= 15 is 0 Å². The van der Waals surface area contributed by atoms with Gasteiger partial charge in [-0.1, -0.05) is 31.5 Å². The van der Waals surface area contributed by atoms with Crippen LogP contribution in [0.3, 0.4) is 0 Å². The quantitative estimate of drug-likeness (QED) is 0.778. The number of nitrogens with one attached hydrogen (secondary N) is 2. The lowest BCUT2D eigenvalue weighted by Crippen LogP contribution is -2.17. The molecule has 0 atom stereocenters. The van der Waals surface area contributed by atoms with Crippen molar-refractivity contribution in [2.24, 2.45) is 5.92 Å². The van der Waals surface area contributed by atoms with E-state index in [0.717, 1.165) is 24.1 Å². The molecule has 0 saturated heterocycles. The summed E-state index contributed by atoms with van der Waals surface area (Å²) >= 11 is 6.27. The van der Waals surface area contributed by atoms with Crippen LogP contribution in [0.5, 0.6) is 0 Å². The Morgan fingerprint density at radius 2 is 1.88 bits per heavy atom. The van der Waals surface area contributed by atoms with Gasteiger partial charge < -0.3 is 10.6 Å². The minimum atomic E-state index is -0.300. The van der Waals surface area contributed by atoms with Gasteiger partial charge in [0, 0.05) is 12.6 Å². The summed E-state index contributed by atoms with van der Waals surface area (Å²) in [6.45, 7) is 10.8. The van der Waals surface area contributed by atoms with Crippen LogP contribution >= 0.6 is 11.6 Å². The highest BCUT2D eigenvalue weighted by atomic mass is 35.5. The van der Waals surface area contributed by atoms with Crippen molar-refractivity contribution in [3.8, 4) is 0 Å². The van der Waals surface area contributed by atoms with Crippen molar-refractivity contribution in [2.75, 3.05) is 17.2 Å². The lowest BCUT2D eigenvalue weighted by Gasteiger charge is -2.13. The predicted octanol–water partition coefficient (Wildman–Crippen LogP) is 4.77. The Morgan fingerprint density at radius 3 is 2.52 bits per heavy atom. The highest BCUT2D eigenvalue weighted by Gasteiger charge is 2.14. The summed E-state index contributed by atoms with van der Waals surface area (Å²) in [4.78, 5) is 21.2. The van der Waals surface area contributed by atoms with E-state index in [9.17, 15) is 4.79 Å². The molecule has 0 saturated carbocycles. The SMILES string of the molecule is Cc1cc(C)c(NC(=O)c2cc(NCCC(C)C)nc(C)n2)c(Cl)c1. The number of amides is 1. The second-order valence-corrected chi connectivity index (χ2v) is 7.09. The summed E-state index contributed by atoms with van der Waals surface area (Å²) in [7, 11) is 0. The lowest BCUT2D eigenvalue weighted by molar-refractivity contribution is 0.102. The third-order valence-corrected chi connectivity index (χ3v) is 4.07. The van der Waals surface area contributed by atoms with Gasteiger partial charge in [-0.15, -0.1) is 0 Å². The van der Waals surface area contributed by atoms with E-state index in [1.807, 2.05) is 26.0 Å². The van der Waals surface area contributed by atoms with Crippen LogP contribution in [-0.4, -0.2) is 22.4 Å². The maximum atomic E-state index is 12.6. The Bertz CT molecular complexity index is 751. The van der Waals surface area contributed by atoms with Crippen molar-refractivity contribution >= 4 is 29.0 Å². The molecule has 0 aliphatic rings. The standard InChI is InChI=1S/C19H25ClN4O/c1-11(2)6-7-21-17-10-16(22-14(5)23-17)19(25)24-18-13(4)8-12(3)9-15(18)20/h8-11H,6-7H2,1-5H3,(H,24,25)(H,21,22,23). The molecule has 6 heteroatoms. The number of rotatable bonds is 6. The topological polar surface area (TPSA) is 66.9 Å². The summed E-state index contributed by atoms with van der Waals surface area (Å²) in [6.07, 6.45) is 1.03. The predicted molar refractivity (Wildman–Crippen MR) is 104 cm³/mol. The Kier molecular flexibility index (Phi) is 6.37. The van der Waals surface area contributed by atoms with Crippen molar-refractivity contribution < 1.29 is 4.79 Å². The minimum absolute atomic E-state index is 0.300. The van der Waals surface area contributed by atoms with E-state index < -0.39 is 0 Å². The first-order valence-corrected chi connectivity index (χ1v) is 8.81. The number of aromatic nitrogens is 2. The fourth-order valence-corrected chi connectivity index (χ4v) is 2.88. The van der Waals surface area contributed by atoms with Gasteiger partial charge in [0.15, 0.2) is 0 Å². The van der Waals surface area contributed by atoms with Gasteiger partial charge >= 0.3 is 0 Å². The first kappa shape index (κ1) is 19.2. The van der Waals surface area contributed by atoms with Gasteiger partial charge in [-0.05, 0) is 50.3 Å². The molecule has 0 spiro atoms. The second kappa shape index (κ2) is 8.30. The van der Waals surface area contributed by atoms with Gasteiger partial charge in [-0.3, -0.25) is 4.79 Å². The number of aryl methyl sites for hydroxylation is 3. The van der Waals surface area contributed by atoms with E-state index in [1.165, 1.54) is 0 Å². The molecule has 1 aromatic carbocycles. The van der Waals surface area contributed by atoms with Gasteiger partial charge in [0.1, 0.15) is 17.3 Å². The molecule has 0 fully saturated rings. The molecule has 0 unspecified atom stereocenters. The molecule has 2 rings (SSSR count). The third-order valence-electron chi connectivity index (χ3n) is 3.77. The van der Waals surface area contributed by atoms with Crippen LogP contribution < -0.4 is 10.6 Å². The van der Waals surface area contributed by atoms with E-state index in [-0.39, 0.29) is 5.91 Å². The molecular formula is C19H25ClN4O. The first-order chi connectivity index (χ1) is 11.8. The number of halogens is 1. The number of hydrogen-bond donors (Lipinski definition) is 2. The normalized spacial score (nSPS) is 10.8. The minimum Gasteiger partial charge on any atom is -0.370 e. The molecule has 2 aromatic rings. The van der Waals surface area contributed by atoms with Crippen molar-refractivity contribution in [2.45, 2.75) is 41.0 Å². The molecular weight excluding hydrogens is 336 g/mol. The van der Waals surface area contributed by atoms with E-state index in [4.69, 9.17) is 11.6 Å². The highest BCUT2D eigenvalue weighted by molar-refractivity contribution is 6.34. The lowest BCUT2D eigenvalue weighted by atomic mass is 10.1. The Hall–Kier alpha value is -2.14. The van der Waals surface area contributed by atoms with E-state index in [2.05, 4.69) is 34.4 Å². The molecule has 25 heavy (non-hydrogen) atoms. The number of carbonyl (C=O) groups excluding carboxylic acids is 1. The Balaban J connectivity index is 2.18. The van der Waals surface area contributed by atoms with Crippen LogP contribution in [0.25, 0.3) is 0 Å². The van der Waals surface area contributed by atoms with Crippen LogP contribution in [0.15, 0.2) is 18.2 Å². The molecule has 2 N–H and O–H groups in total. The number of anilines is 2. The van der Waals surface area contributed by atoms with Gasteiger partial charge in [-0.2, -0.15) is 0 Å². The number of benzene rings is 1. The maximum Gasteiger partial charge on any atom is 0.274 e. The Labute approximate surface area is 154 Å². The molecule has 134 valence electrons. The van der Waals surface area contributed by atoms with Gasteiger partial charge in [-0.25, -0.2) is 9.97 Å². The van der Waals surface area contributed by atoms with Crippen LogP contribution in [0.4, 0.5) is 11.5 Å². The number of nitrogens with zero attached hydrogens (tertiary/aromatic N) is 2. The van der Waals surface area contributed by atoms with Crippen molar-refractivity contribution in [1.82, 2.24) is 9.97 Å². The summed E-state index contributed by atoms with van der Waals surface area (Å²) in [5.41, 5.74) is 2.90. The highest BCUT2D eigenvalue weighted by Crippen LogP contribution is 2.27. The van der Waals surface area contributed by atoms with Crippen molar-refractivity contribution in [3.63, 3.8) is 0 Å². The second-order valence-electron chi connectivity index (χ2n) is 6.69. The van der Waals surface area contributed by atoms with Crippen LogP contribution in [0, 0.1) is 26.7 Å². The van der Waals surface area contributed by atoms with Gasteiger partial charge in [0.05, 0.1) is 10.7 Å². The van der Waals surface area contributed by atoms with Crippen LogP contribution in [-0.2, 0) is 0 Å². The maximum absolute atomic E-state index is 12.6. The molecule has 0 bridgehead atoms. The third kappa shape index (κ3) is 5.43. The zero-order chi connectivity index (χ0) is 18.6. The average Bonchev–Trinajstić information content (AvgIpc) is 2.49. The number of carbonyl (C=O) groups is 1. The summed E-state index contributed by atoms with van der Waals surface area (Å²) in [5.74, 6) is 1.51. The molecule has 5 nitrogen and oxygen atoms in total.